The number of halogens is 1. The number of carbonyl (C=O) groups is 2. The van der Waals surface area contributed by atoms with Gasteiger partial charge >= 0.3 is 0 Å². The molecule has 5 heteroatoms. The number of amides is 1. The summed E-state index contributed by atoms with van der Waals surface area (Å²) in [5, 5.41) is 2.84. The minimum Gasteiger partial charge on any atom is -0.362 e. The fourth-order valence-electron chi connectivity index (χ4n) is 2.01. The maximum absolute atomic E-state index is 11.5. The van der Waals surface area contributed by atoms with E-state index >= 15 is 0 Å². The van der Waals surface area contributed by atoms with E-state index in [1.807, 2.05) is 17.0 Å². The van der Waals surface area contributed by atoms with Gasteiger partial charge in [0.2, 0.25) is 5.91 Å². The third kappa shape index (κ3) is 2.90. The Morgan fingerprint density at radius 2 is 2.22 bits per heavy atom. The highest BCUT2D eigenvalue weighted by Gasteiger charge is 2.16. The minimum atomic E-state index is 0.0297. The number of Topliss-reactive ketones (excluding diaryl/α,β-unsaturated/α-hetero) is 1. The van der Waals surface area contributed by atoms with Crippen LogP contribution >= 0.6 is 15.9 Å². The summed E-state index contributed by atoms with van der Waals surface area (Å²) < 4.78 is 0.775. The Bertz CT molecular complexity index is 488. The average molecular weight is 311 g/mol. The van der Waals surface area contributed by atoms with Gasteiger partial charge in [-0.15, -0.1) is 0 Å². The van der Waals surface area contributed by atoms with Gasteiger partial charge in [0.05, 0.1) is 6.54 Å². The molecule has 4 nitrogen and oxygen atoms in total. The molecule has 0 aliphatic carbocycles. The first-order valence-electron chi connectivity index (χ1n) is 5.90. The molecule has 96 valence electrons. The minimum absolute atomic E-state index is 0.0297. The molecule has 1 N–H and O–H groups in total. The van der Waals surface area contributed by atoms with Crippen LogP contribution in [-0.4, -0.2) is 31.3 Å². The molecule has 0 aromatic heterocycles. The largest absolute Gasteiger partial charge is 0.362 e. The van der Waals surface area contributed by atoms with Gasteiger partial charge in [-0.25, -0.2) is 0 Å². The average Bonchev–Trinajstić information content (AvgIpc) is 2.53. The van der Waals surface area contributed by atoms with Crippen LogP contribution in [0.5, 0.6) is 0 Å². The molecule has 0 radical (unpaired) electrons. The number of anilines is 1. The molecule has 1 aromatic rings. The zero-order valence-corrected chi connectivity index (χ0v) is 11.8. The Balaban J connectivity index is 2.25. The second kappa shape index (κ2) is 5.52. The molecule has 0 saturated carbocycles. The zero-order chi connectivity index (χ0) is 13.1. The number of carbonyl (C=O) groups excluding carboxylic acids is 2. The number of ketones is 1. The first-order chi connectivity index (χ1) is 8.58. The maximum atomic E-state index is 11.5. The molecule has 1 fully saturated rings. The molecule has 1 aliphatic rings. The summed E-state index contributed by atoms with van der Waals surface area (Å²) in [7, 11) is 0. The van der Waals surface area contributed by atoms with E-state index in [0.29, 0.717) is 12.1 Å². The third-order valence-electron chi connectivity index (χ3n) is 2.96. The molecule has 1 heterocycles. The van der Waals surface area contributed by atoms with Crippen LogP contribution in [-0.2, 0) is 4.79 Å². The van der Waals surface area contributed by atoms with Crippen molar-refractivity contribution in [3.05, 3.63) is 28.2 Å². The van der Waals surface area contributed by atoms with Gasteiger partial charge in [-0.05, 0) is 47.5 Å². The summed E-state index contributed by atoms with van der Waals surface area (Å²) in [5.74, 6) is 0.0706. The Kier molecular flexibility index (Phi) is 4.01. The van der Waals surface area contributed by atoms with Crippen molar-refractivity contribution in [2.45, 2.75) is 13.3 Å². The molecule has 1 saturated heterocycles. The van der Waals surface area contributed by atoms with E-state index in [-0.39, 0.29) is 11.7 Å². The van der Waals surface area contributed by atoms with E-state index in [2.05, 4.69) is 21.2 Å². The molecule has 0 spiro atoms. The molecule has 0 atom stereocenters. The van der Waals surface area contributed by atoms with Crippen molar-refractivity contribution in [1.29, 1.82) is 0 Å². The lowest BCUT2D eigenvalue weighted by molar-refractivity contribution is -0.119. The summed E-state index contributed by atoms with van der Waals surface area (Å²) in [6, 6.07) is 5.58. The van der Waals surface area contributed by atoms with Gasteiger partial charge in [0.25, 0.3) is 0 Å². The Morgan fingerprint density at radius 1 is 1.44 bits per heavy atom. The molecule has 0 unspecified atom stereocenters. The monoisotopic (exact) mass is 310 g/mol. The van der Waals surface area contributed by atoms with Crippen molar-refractivity contribution in [1.82, 2.24) is 5.32 Å². The smallest absolute Gasteiger partial charge is 0.239 e. The highest BCUT2D eigenvalue weighted by Crippen LogP contribution is 2.25. The normalized spacial score (nSPS) is 16.1. The third-order valence-corrected chi connectivity index (χ3v) is 3.61. The zero-order valence-electron chi connectivity index (χ0n) is 10.2. The van der Waals surface area contributed by atoms with Crippen LogP contribution in [0.25, 0.3) is 0 Å². The van der Waals surface area contributed by atoms with E-state index in [4.69, 9.17) is 0 Å². The fourth-order valence-corrected chi connectivity index (χ4v) is 2.66. The predicted molar refractivity (Wildman–Crippen MR) is 74.0 cm³/mol. The molecular weight excluding hydrogens is 296 g/mol. The topological polar surface area (TPSA) is 49.4 Å². The van der Waals surface area contributed by atoms with Gasteiger partial charge in [-0.1, -0.05) is 0 Å². The van der Waals surface area contributed by atoms with E-state index < -0.39 is 0 Å². The van der Waals surface area contributed by atoms with Crippen molar-refractivity contribution in [3.8, 4) is 0 Å². The lowest BCUT2D eigenvalue weighted by Crippen LogP contribution is -2.33. The first kappa shape index (κ1) is 13.1. The summed E-state index contributed by atoms with van der Waals surface area (Å²) in [5.41, 5.74) is 1.63. The maximum Gasteiger partial charge on any atom is 0.239 e. The molecule has 1 aromatic carbocycles. The van der Waals surface area contributed by atoms with Crippen molar-refractivity contribution < 1.29 is 9.59 Å². The van der Waals surface area contributed by atoms with Crippen LogP contribution in [0.15, 0.2) is 22.7 Å². The number of nitrogens with zero attached hydrogens (tertiary/aromatic N) is 1. The van der Waals surface area contributed by atoms with E-state index in [1.165, 1.54) is 0 Å². The molecule has 0 bridgehead atoms. The quantitative estimate of drug-likeness (QED) is 0.850. The molecule has 1 amide bonds. The Hall–Kier alpha value is -1.36. The van der Waals surface area contributed by atoms with Gasteiger partial charge in [-0.2, -0.15) is 0 Å². The summed E-state index contributed by atoms with van der Waals surface area (Å²) in [4.78, 5) is 24.9. The van der Waals surface area contributed by atoms with Crippen LogP contribution < -0.4 is 10.2 Å². The predicted octanol–water partition coefficient (Wildman–Crippen LogP) is 1.98. The highest BCUT2D eigenvalue weighted by atomic mass is 79.9. The molecule has 18 heavy (non-hydrogen) atoms. The number of hydrogen-bond acceptors (Lipinski definition) is 3. The van der Waals surface area contributed by atoms with Gasteiger partial charge < -0.3 is 10.2 Å². The van der Waals surface area contributed by atoms with E-state index in [0.717, 1.165) is 29.7 Å². The number of rotatable bonds is 2. The van der Waals surface area contributed by atoms with Crippen LogP contribution in [0.4, 0.5) is 5.69 Å². The van der Waals surface area contributed by atoms with Gasteiger partial charge in [0.15, 0.2) is 5.78 Å². The van der Waals surface area contributed by atoms with Gasteiger partial charge in [0.1, 0.15) is 0 Å². The van der Waals surface area contributed by atoms with Crippen molar-refractivity contribution in [2.24, 2.45) is 0 Å². The van der Waals surface area contributed by atoms with E-state index in [1.54, 1.807) is 13.0 Å². The van der Waals surface area contributed by atoms with Crippen LogP contribution in [0.1, 0.15) is 23.7 Å². The number of benzene rings is 1. The van der Waals surface area contributed by atoms with Gasteiger partial charge in [0, 0.05) is 28.8 Å². The van der Waals surface area contributed by atoms with Crippen LogP contribution in [0.2, 0.25) is 0 Å². The van der Waals surface area contributed by atoms with Crippen molar-refractivity contribution in [2.75, 3.05) is 24.5 Å². The SMILES string of the molecule is CC(=O)c1ccc(N2CCCNC(=O)C2)cc1Br. The lowest BCUT2D eigenvalue weighted by atomic mass is 10.1. The number of nitrogens with one attached hydrogen (secondary N) is 1. The fraction of sp³-hybridized carbons (Fsp3) is 0.385. The first-order valence-corrected chi connectivity index (χ1v) is 6.69. The standard InChI is InChI=1S/C13H15BrN2O2/c1-9(17)11-4-3-10(7-12(11)14)16-6-2-5-15-13(18)8-16/h3-4,7H,2,5-6,8H2,1H3,(H,15,18). The second-order valence-electron chi connectivity index (χ2n) is 4.35. The Morgan fingerprint density at radius 3 is 2.89 bits per heavy atom. The summed E-state index contributed by atoms with van der Waals surface area (Å²) >= 11 is 3.40. The molecule has 2 rings (SSSR count). The summed E-state index contributed by atoms with van der Waals surface area (Å²) in [6.45, 7) is 3.47. The van der Waals surface area contributed by atoms with Crippen molar-refractivity contribution in [3.63, 3.8) is 0 Å². The lowest BCUT2D eigenvalue weighted by Gasteiger charge is -2.21. The molecule has 1 aliphatic heterocycles. The molecular formula is C13H15BrN2O2. The van der Waals surface area contributed by atoms with Crippen LogP contribution in [0, 0.1) is 0 Å². The van der Waals surface area contributed by atoms with Gasteiger partial charge in [-0.3, -0.25) is 9.59 Å². The van der Waals surface area contributed by atoms with Crippen molar-refractivity contribution >= 4 is 33.3 Å². The van der Waals surface area contributed by atoms with Crippen LogP contribution in [0.3, 0.4) is 0 Å². The van der Waals surface area contributed by atoms with E-state index in [9.17, 15) is 9.59 Å². The number of hydrogen-bond donors (Lipinski definition) is 1. The Labute approximate surface area is 114 Å². The second-order valence-corrected chi connectivity index (χ2v) is 5.20. The highest BCUT2D eigenvalue weighted by molar-refractivity contribution is 9.10. The summed E-state index contributed by atoms with van der Waals surface area (Å²) in [6.07, 6.45) is 0.928.